The van der Waals surface area contributed by atoms with Crippen molar-refractivity contribution >= 4 is 11.6 Å². The second-order valence-corrected chi connectivity index (χ2v) is 3.55. The van der Waals surface area contributed by atoms with E-state index >= 15 is 0 Å². The highest BCUT2D eigenvalue weighted by Crippen LogP contribution is 2.18. The standard InChI is InChI=1S/C11H15ClFNO/c1-15-11-4-3-10(13)7-9(11)8-14-6-2-5-12/h3-4,7,14H,2,5-6,8H2,1H3. The second kappa shape index (κ2) is 6.64. The van der Waals surface area contributed by atoms with Crippen molar-refractivity contribution in [1.82, 2.24) is 5.32 Å². The molecule has 1 N–H and O–H groups in total. The maximum Gasteiger partial charge on any atom is 0.123 e. The van der Waals surface area contributed by atoms with Gasteiger partial charge in [0.2, 0.25) is 0 Å². The summed E-state index contributed by atoms with van der Waals surface area (Å²) in [6.45, 7) is 1.42. The third-order valence-corrected chi connectivity index (χ3v) is 2.31. The molecule has 0 aliphatic rings. The fourth-order valence-corrected chi connectivity index (χ4v) is 1.43. The minimum atomic E-state index is -0.245. The minimum absolute atomic E-state index is 0.245. The summed E-state index contributed by atoms with van der Waals surface area (Å²) >= 11 is 5.54. The molecule has 0 atom stereocenters. The molecule has 4 heteroatoms. The van der Waals surface area contributed by atoms with E-state index in [-0.39, 0.29) is 5.82 Å². The molecule has 1 aromatic carbocycles. The van der Waals surface area contributed by atoms with Gasteiger partial charge in [0.05, 0.1) is 7.11 Å². The topological polar surface area (TPSA) is 21.3 Å². The van der Waals surface area contributed by atoms with Gasteiger partial charge in [-0.05, 0) is 31.2 Å². The number of ether oxygens (including phenoxy) is 1. The van der Waals surface area contributed by atoms with E-state index in [0.717, 1.165) is 18.5 Å². The van der Waals surface area contributed by atoms with Gasteiger partial charge in [-0.3, -0.25) is 0 Å². The Labute approximate surface area is 94.4 Å². The Balaban J connectivity index is 2.54. The van der Waals surface area contributed by atoms with E-state index in [9.17, 15) is 4.39 Å². The summed E-state index contributed by atoms with van der Waals surface area (Å²) in [4.78, 5) is 0. The van der Waals surface area contributed by atoms with Gasteiger partial charge < -0.3 is 10.1 Å². The summed E-state index contributed by atoms with van der Waals surface area (Å²) in [6.07, 6.45) is 0.902. The van der Waals surface area contributed by atoms with Crippen LogP contribution in [-0.2, 0) is 6.54 Å². The van der Waals surface area contributed by atoms with Gasteiger partial charge >= 0.3 is 0 Å². The number of hydrogen-bond acceptors (Lipinski definition) is 2. The summed E-state index contributed by atoms with van der Waals surface area (Å²) in [6, 6.07) is 4.50. The lowest BCUT2D eigenvalue weighted by Gasteiger charge is -2.09. The van der Waals surface area contributed by atoms with Gasteiger partial charge in [0, 0.05) is 18.0 Å². The van der Waals surface area contributed by atoms with Gasteiger partial charge in [-0.15, -0.1) is 11.6 Å². The van der Waals surface area contributed by atoms with E-state index in [1.54, 1.807) is 13.2 Å². The van der Waals surface area contributed by atoms with Crippen molar-refractivity contribution in [2.75, 3.05) is 19.5 Å². The molecule has 0 heterocycles. The first-order valence-electron chi connectivity index (χ1n) is 4.87. The van der Waals surface area contributed by atoms with Gasteiger partial charge in [0.15, 0.2) is 0 Å². The van der Waals surface area contributed by atoms with Crippen molar-refractivity contribution in [2.45, 2.75) is 13.0 Å². The monoisotopic (exact) mass is 231 g/mol. The van der Waals surface area contributed by atoms with E-state index < -0.39 is 0 Å². The van der Waals surface area contributed by atoms with Gasteiger partial charge in [-0.1, -0.05) is 0 Å². The van der Waals surface area contributed by atoms with Crippen LogP contribution in [0.2, 0.25) is 0 Å². The van der Waals surface area contributed by atoms with Crippen molar-refractivity contribution < 1.29 is 9.13 Å². The Morgan fingerprint density at radius 2 is 2.27 bits per heavy atom. The lowest BCUT2D eigenvalue weighted by molar-refractivity contribution is 0.406. The molecule has 0 fully saturated rings. The summed E-state index contributed by atoms with van der Waals surface area (Å²) in [5.74, 6) is 1.09. The predicted molar refractivity (Wildman–Crippen MR) is 60.0 cm³/mol. The Hall–Kier alpha value is -0.800. The van der Waals surface area contributed by atoms with Crippen LogP contribution in [0.1, 0.15) is 12.0 Å². The average Bonchev–Trinajstić information content (AvgIpc) is 2.25. The molecular formula is C11H15ClFNO. The lowest BCUT2D eigenvalue weighted by atomic mass is 10.2. The fourth-order valence-electron chi connectivity index (χ4n) is 1.30. The molecule has 1 aromatic rings. The third-order valence-electron chi connectivity index (χ3n) is 2.05. The lowest BCUT2D eigenvalue weighted by Crippen LogP contribution is -2.15. The number of methoxy groups -OCH3 is 1. The van der Waals surface area contributed by atoms with Crippen LogP contribution in [0.4, 0.5) is 4.39 Å². The van der Waals surface area contributed by atoms with Crippen LogP contribution in [0.5, 0.6) is 5.75 Å². The first-order valence-corrected chi connectivity index (χ1v) is 5.40. The van der Waals surface area contributed by atoms with Crippen molar-refractivity contribution in [2.24, 2.45) is 0 Å². The van der Waals surface area contributed by atoms with Crippen LogP contribution >= 0.6 is 11.6 Å². The molecule has 15 heavy (non-hydrogen) atoms. The van der Waals surface area contributed by atoms with Gasteiger partial charge in [0.25, 0.3) is 0 Å². The van der Waals surface area contributed by atoms with Crippen LogP contribution in [0.25, 0.3) is 0 Å². The highest BCUT2D eigenvalue weighted by Gasteiger charge is 2.03. The zero-order valence-corrected chi connectivity index (χ0v) is 9.48. The average molecular weight is 232 g/mol. The predicted octanol–water partition coefficient (Wildman–Crippen LogP) is 2.55. The number of nitrogens with one attached hydrogen (secondary N) is 1. The first-order chi connectivity index (χ1) is 7.27. The molecule has 0 aromatic heterocycles. The zero-order chi connectivity index (χ0) is 11.1. The number of alkyl halides is 1. The van der Waals surface area contributed by atoms with Crippen LogP contribution < -0.4 is 10.1 Å². The van der Waals surface area contributed by atoms with Crippen LogP contribution in [0, 0.1) is 5.82 Å². The van der Waals surface area contributed by atoms with Gasteiger partial charge in [-0.25, -0.2) is 4.39 Å². The van der Waals surface area contributed by atoms with E-state index in [1.165, 1.54) is 12.1 Å². The van der Waals surface area contributed by atoms with Gasteiger partial charge in [0.1, 0.15) is 11.6 Å². The molecule has 84 valence electrons. The van der Waals surface area contributed by atoms with E-state index in [1.807, 2.05) is 0 Å². The highest BCUT2D eigenvalue weighted by atomic mass is 35.5. The summed E-state index contributed by atoms with van der Waals surface area (Å²) < 4.78 is 18.1. The van der Waals surface area contributed by atoms with Crippen molar-refractivity contribution in [3.63, 3.8) is 0 Å². The minimum Gasteiger partial charge on any atom is -0.496 e. The Bertz CT molecular complexity index is 307. The van der Waals surface area contributed by atoms with Crippen molar-refractivity contribution in [1.29, 1.82) is 0 Å². The fraction of sp³-hybridized carbons (Fsp3) is 0.455. The molecular weight excluding hydrogens is 217 g/mol. The molecule has 1 rings (SSSR count). The molecule has 0 amide bonds. The van der Waals surface area contributed by atoms with E-state index in [4.69, 9.17) is 16.3 Å². The molecule has 0 radical (unpaired) electrons. The van der Waals surface area contributed by atoms with E-state index in [0.29, 0.717) is 18.2 Å². The number of hydrogen-bond donors (Lipinski definition) is 1. The quantitative estimate of drug-likeness (QED) is 0.600. The molecule has 0 saturated carbocycles. The normalized spacial score (nSPS) is 10.3. The number of rotatable bonds is 6. The second-order valence-electron chi connectivity index (χ2n) is 3.18. The van der Waals surface area contributed by atoms with Crippen molar-refractivity contribution in [3.05, 3.63) is 29.6 Å². The summed E-state index contributed by atoms with van der Waals surface area (Å²) in [7, 11) is 1.58. The maximum atomic E-state index is 13.0. The molecule has 0 aliphatic carbocycles. The smallest absolute Gasteiger partial charge is 0.123 e. The Morgan fingerprint density at radius 3 is 2.93 bits per heavy atom. The van der Waals surface area contributed by atoms with E-state index in [2.05, 4.69) is 5.32 Å². The molecule has 0 aliphatic heterocycles. The number of halogens is 2. The molecule has 0 unspecified atom stereocenters. The highest BCUT2D eigenvalue weighted by molar-refractivity contribution is 6.17. The van der Waals surface area contributed by atoms with Crippen LogP contribution in [0.3, 0.4) is 0 Å². The summed E-state index contributed by atoms with van der Waals surface area (Å²) in [5, 5.41) is 3.17. The third kappa shape index (κ3) is 4.06. The maximum absolute atomic E-state index is 13.0. The Morgan fingerprint density at radius 1 is 1.47 bits per heavy atom. The van der Waals surface area contributed by atoms with Crippen LogP contribution in [0.15, 0.2) is 18.2 Å². The van der Waals surface area contributed by atoms with Crippen LogP contribution in [-0.4, -0.2) is 19.5 Å². The molecule has 2 nitrogen and oxygen atoms in total. The number of benzene rings is 1. The molecule has 0 spiro atoms. The van der Waals surface area contributed by atoms with Gasteiger partial charge in [-0.2, -0.15) is 0 Å². The summed E-state index contributed by atoms with van der Waals surface area (Å²) in [5.41, 5.74) is 0.826. The first kappa shape index (κ1) is 12.3. The largest absolute Gasteiger partial charge is 0.496 e. The molecule has 0 saturated heterocycles. The molecule has 0 bridgehead atoms. The SMILES string of the molecule is COc1ccc(F)cc1CNCCCCl. The Kier molecular flexibility index (Phi) is 5.43. The zero-order valence-electron chi connectivity index (χ0n) is 8.72. The van der Waals surface area contributed by atoms with Crippen molar-refractivity contribution in [3.8, 4) is 5.75 Å².